The molecule has 2 aromatic rings. The van der Waals surface area contributed by atoms with Gasteiger partial charge in [-0.1, -0.05) is 12.1 Å². The monoisotopic (exact) mass is 424 g/mol. The molecule has 8 nitrogen and oxygen atoms in total. The third-order valence-electron chi connectivity index (χ3n) is 4.66. The summed E-state index contributed by atoms with van der Waals surface area (Å²) in [7, 11) is -4.01. The van der Waals surface area contributed by atoms with E-state index in [2.05, 4.69) is 4.84 Å². The number of sulfonamides is 1. The number of hydrogen-bond acceptors (Lipinski definition) is 7. The Kier molecular flexibility index (Phi) is 6.48. The third kappa shape index (κ3) is 4.91. The second kappa shape index (κ2) is 8.87. The number of aliphatic hydroxyl groups is 1. The molecule has 156 valence electrons. The van der Waals surface area contributed by atoms with Crippen LogP contribution in [0.1, 0.15) is 18.4 Å². The molecule has 1 saturated heterocycles. The standard InChI is InChI=1S/C19H21FN2O6S/c20-14-3-1-13(2-4-14)12-27-16-5-7-17(8-6-16)29(25,26)22-10-9-15(23)11-18(22)19(24)28-21/h1-8,15,18,23H,9-12,21H2/t15-,18-/m1/s1. The SMILES string of the molecule is NOC(=O)[C@H]1C[C@H](O)CCN1S(=O)(=O)c1ccc(OCc2ccc(F)cc2)cc1. The average Bonchev–Trinajstić information content (AvgIpc) is 2.72. The Morgan fingerprint density at radius 3 is 2.45 bits per heavy atom. The smallest absolute Gasteiger partial charge is 0.343 e. The van der Waals surface area contributed by atoms with Gasteiger partial charge in [0.25, 0.3) is 0 Å². The molecule has 1 aliphatic heterocycles. The predicted molar refractivity (Wildman–Crippen MR) is 100 cm³/mol. The Balaban J connectivity index is 1.73. The van der Waals surface area contributed by atoms with E-state index in [1.165, 1.54) is 36.4 Å². The second-order valence-corrected chi connectivity index (χ2v) is 8.52. The van der Waals surface area contributed by atoms with Crippen LogP contribution in [0.2, 0.25) is 0 Å². The summed E-state index contributed by atoms with van der Waals surface area (Å²) in [5, 5.41) is 9.78. The third-order valence-corrected chi connectivity index (χ3v) is 6.59. The lowest BCUT2D eigenvalue weighted by Gasteiger charge is -2.34. The first-order valence-electron chi connectivity index (χ1n) is 8.89. The Hall–Kier alpha value is -2.53. The molecule has 1 heterocycles. The van der Waals surface area contributed by atoms with Gasteiger partial charge in [0, 0.05) is 13.0 Å². The molecule has 29 heavy (non-hydrogen) atoms. The van der Waals surface area contributed by atoms with E-state index in [0.717, 1.165) is 9.87 Å². The summed E-state index contributed by atoms with van der Waals surface area (Å²) in [6, 6.07) is 10.4. The Bertz CT molecular complexity index is 950. The number of hydrogen-bond donors (Lipinski definition) is 2. The molecule has 3 N–H and O–H groups in total. The van der Waals surface area contributed by atoms with Gasteiger partial charge in [0.2, 0.25) is 10.0 Å². The van der Waals surface area contributed by atoms with Crippen LogP contribution in [0, 0.1) is 5.82 Å². The van der Waals surface area contributed by atoms with Gasteiger partial charge in [0.05, 0.1) is 11.0 Å². The highest BCUT2D eigenvalue weighted by molar-refractivity contribution is 7.89. The van der Waals surface area contributed by atoms with Crippen LogP contribution in [0.4, 0.5) is 4.39 Å². The van der Waals surface area contributed by atoms with E-state index >= 15 is 0 Å². The van der Waals surface area contributed by atoms with Gasteiger partial charge in [-0.05, 0) is 48.4 Å². The van der Waals surface area contributed by atoms with Gasteiger partial charge in [-0.15, -0.1) is 0 Å². The largest absolute Gasteiger partial charge is 0.489 e. The van der Waals surface area contributed by atoms with Gasteiger partial charge in [0.1, 0.15) is 24.2 Å². The summed E-state index contributed by atoms with van der Waals surface area (Å²) in [6.07, 6.45) is -0.701. The molecule has 0 aromatic heterocycles. The first kappa shape index (κ1) is 21.2. The second-order valence-electron chi connectivity index (χ2n) is 6.63. The fourth-order valence-electron chi connectivity index (χ4n) is 3.10. The molecule has 3 rings (SSSR count). The highest BCUT2D eigenvalue weighted by Crippen LogP contribution is 2.27. The number of rotatable bonds is 6. The van der Waals surface area contributed by atoms with Gasteiger partial charge in [0.15, 0.2) is 0 Å². The van der Waals surface area contributed by atoms with E-state index < -0.39 is 28.1 Å². The van der Waals surface area contributed by atoms with Crippen LogP contribution >= 0.6 is 0 Å². The zero-order valence-electron chi connectivity index (χ0n) is 15.4. The number of ether oxygens (including phenoxy) is 1. The van der Waals surface area contributed by atoms with E-state index in [1.807, 2.05) is 0 Å². The summed E-state index contributed by atoms with van der Waals surface area (Å²) in [5.74, 6) is 4.08. The zero-order chi connectivity index (χ0) is 21.0. The molecule has 0 unspecified atom stereocenters. The fraction of sp³-hybridized carbons (Fsp3) is 0.316. The molecule has 0 aliphatic carbocycles. The molecule has 0 amide bonds. The van der Waals surface area contributed by atoms with Crippen molar-refractivity contribution in [2.45, 2.75) is 36.5 Å². The van der Waals surface area contributed by atoms with Crippen LogP contribution in [-0.2, 0) is 26.3 Å². The van der Waals surface area contributed by atoms with Crippen LogP contribution < -0.4 is 10.6 Å². The minimum Gasteiger partial charge on any atom is -0.489 e. The lowest BCUT2D eigenvalue weighted by Crippen LogP contribution is -2.52. The van der Waals surface area contributed by atoms with Gasteiger partial charge in [-0.3, -0.25) is 0 Å². The maximum atomic E-state index is 13.0. The molecule has 1 aliphatic rings. The number of halogens is 1. The topological polar surface area (TPSA) is 119 Å². The van der Waals surface area contributed by atoms with Crippen LogP contribution in [0.3, 0.4) is 0 Å². The minimum absolute atomic E-state index is 0.0298. The Morgan fingerprint density at radius 2 is 1.83 bits per heavy atom. The Labute approximate surface area is 167 Å². The zero-order valence-corrected chi connectivity index (χ0v) is 16.2. The van der Waals surface area contributed by atoms with Crippen molar-refractivity contribution in [2.75, 3.05) is 6.54 Å². The van der Waals surface area contributed by atoms with Crippen molar-refractivity contribution >= 4 is 16.0 Å². The number of nitrogens with two attached hydrogens (primary N) is 1. The normalized spacial score (nSPS) is 20.2. The van der Waals surface area contributed by atoms with Crippen molar-refractivity contribution in [3.8, 4) is 5.75 Å². The van der Waals surface area contributed by atoms with Crippen molar-refractivity contribution in [3.05, 3.63) is 59.9 Å². The minimum atomic E-state index is -4.01. The van der Waals surface area contributed by atoms with Gasteiger partial charge in [-0.2, -0.15) is 10.2 Å². The van der Waals surface area contributed by atoms with Crippen LogP contribution in [0.25, 0.3) is 0 Å². The highest BCUT2D eigenvalue weighted by atomic mass is 32.2. The first-order valence-corrected chi connectivity index (χ1v) is 10.3. The van der Waals surface area contributed by atoms with Crippen molar-refractivity contribution < 1.29 is 32.3 Å². The molecular formula is C19H21FN2O6S. The van der Waals surface area contributed by atoms with E-state index in [4.69, 9.17) is 10.6 Å². The summed E-state index contributed by atoms with van der Waals surface area (Å²) in [5.41, 5.74) is 0.762. The maximum Gasteiger partial charge on any atom is 0.343 e. The molecule has 10 heteroatoms. The van der Waals surface area contributed by atoms with E-state index in [1.54, 1.807) is 12.1 Å². The quantitative estimate of drug-likeness (QED) is 0.672. The number of carbonyl (C=O) groups excluding carboxylic acids is 1. The molecule has 0 bridgehead atoms. The number of carbonyl (C=O) groups is 1. The number of piperidine rings is 1. The number of benzene rings is 2. The van der Waals surface area contributed by atoms with Crippen molar-refractivity contribution in [2.24, 2.45) is 5.90 Å². The van der Waals surface area contributed by atoms with Crippen molar-refractivity contribution in [1.82, 2.24) is 4.31 Å². The Morgan fingerprint density at radius 1 is 1.17 bits per heavy atom. The van der Waals surface area contributed by atoms with Gasteiger partial charge < -0.3 is 14.7 Å². The van der Waals surface area contributed by atoms with Crippen molar-refractivity contribution in [1.29, 1.82) is 0 Å². The number of nitrogens with zero attached hydrogens (tertiary/aromatic N) is 1. The number of aliphatic hydroxyl groups excluding tert-OH is 1. The van der Waals surface area contributed by atoms with Gasteiger partial charge >= 0.3 is 5.97 Å². The summed E-state index contributed by atoms with van der Waals surface area (Å²) in [4.78, 5) is 16.1. The lowest BCUT2D eigenvalue weighted by molar-refractivity contribution is -0.151. The first-order chi connectivity index (χ1) is 13.8. The molecule has 0 radical (unpaired) electrons. The summed E-state index contributed by atoms with van der Waals surface area (Å²) < 4.78 is 45.4. The van der Waals surface area contributed by atoms with E-state index in [-0.39, 0.29) is 36.7 Å². The van der Waals surface area contributed by atoms with Gasteiger partial charge in [-0.25, -0.2) is 17.6 Å². The fourth-order valence-corrected chi connectivity index (χ4v) is 4.70. The maximum absolute atomic E-state index is 13.0. The highest BCUT2D eigenvalue weighted by Gasteiger charge is 2.41. The predicted octanol–water partition coefficient (Wildman–Crippen LogP) is 1.34. The molecular weight excluding hydrogens is 403 g/mol. The molecule has 2 atom stereocenters. The molecule has 1 fully saturated rings. The lowest BCUT2D eigenvalue weighted by atomic mass is 10.0. The summed E-state index contributed by atoms with van der Waals surface area (Å²) in [6.45, 7) is 0.160. The van der Waals surface area contributed by atoms with Crippen LogP contribution in [0.5, 0.6) is 5.75 Å². The van der Waals surface area contributed by atoms with E-state index in [9.17, 15) is 22.7 Å². The van der Waals surface area contributed by atoms with Crippen LogP contribution in [-0.4, -0.2) is 42.5 Å². The molecule has 0 spiro atoms. The molecule has 0 saturated carbocycles. The summed E-state index contributed by atoms with van der Waals surface area (Å²) >= 11 is 0. The average molecular weight is 424 g/mol. The van der Waals surface area contributed by atoms with Crippen molar-refractivity contribution in [3.63, 3.8) is 0 Å². The van der Waals surface area contributed by atoms with Crippen LogP contribution in [0.15, 0.2) is 53.4 Å². The van der Waals surface area contributed by atoms with E-state index in [0.29, 0.717) is 5.75 Å². The molecule has 2 aromatic carbocycles.